The highest BCUT2D eigenvalue weighted by Crippen LogP contribution is 2.27. The molecule has 1 N–H and O–H groups in total. The number of rotatable bonds is 5. The molecule has 1 heterocycles. The van der Waals surface area contributed by atoms with Crippen LogP contribution in [-0.2, 0) is 6.61 Å². The fourth-order valence-electron chi connectivity index (χ4n) is 1.73. The summed E-state index contributed by atoms with van der Waals surface area (Å²) in [5.74, 6) is 0.734. The molecule has 3 nitrogen and oxygen atoms in total. The van der Waals surface area contributed by atoms with Crippen molar-refractivity contribution in [1.82, 2.24) is 4.98 Å². The third-order valence-corrected chi connectivity index (χ3v) is 3.53. The summed E-state index contributed by atoms with van der Waals surface area (Å²) in [6, 6.07) is 7.60. The second-order valence-corrected chi connectivity index (χ2v) is 5.17. The van der Waals surface area contributed by atoms with Crippen molar-refractivity contribution < 1.29 is 9.84 Å². The summed E-state index contributed by atoms with van der Waals surface area (Å²) in [5, 5.41) is 12.9. The first-order valence-corrected chi connectivity index (χ1v) is 6.89. The van der Waals surface area contributed by atoms with E-state index in [4.69, 9.17) is 4.74 Å². The normalized spacial score (nSPS) is 12.4. The minimum Gasteiger partial charge on any atom is -0.487 e. The van der Waals surface area contributed by atoms with Gasteiger partial charge in [-0.3, -0.25) is 0 Å². The Balaban J connectivity index is 2.09. The molecule has 1 aromatic heterocycles. The van der Waals surface area contributed by atoms with E-state index < -0.39 is 6.10 Å². The topological polar surface area (TPSA) is 42.4 Å². The van der Waals surface area contributed by atoms with Gasteiger partial charge < -0.3 is 9.84 Å². The van der Waals surface area contributed by atoms with E-state index in [1.807, 2.05) is 43.5 Å². The summed E-state index contributed by atoms with van der Waals surface area (Å²) in [4.78, 5) is 4.35. The van der Waals surface area contributed by atoms with Crippen LogP contribution in [0.3, 0.4) is 0 Å². The Bertz CT molecular complexity index is 510. The molecule has 1 atom stereocenters. The Morgan fingerprint density at radius 3 is 2.83 bits per heavy atom. The molecule has 0 saturated heterocycles. The Morgan fingerprint density at radius 1 is 1.39 bits per heavy atom. The van der Waals surface area contributed by atoms with Gasteiger partial charge in [0.2, 0.25) is 0 Å². The van der Waals surface area contributed by atoms with Crippen molar-refractivity contribution in [3.8, 4) is 5.75 Å². The van der Waals surface area contributed by atoms with Crippen molar-refractivity contribution in [1.29, 1.82) is 0 Å². The summed E-state index contributed by atoms with van der Waals surface area (Å²) in [6.07, 6.45) is 0.203. The van der Waals surface area contributed by atoms with E-state index in [2.05, 4.69) is 4.98 Å². The molecule has 0 aliphatic rings. The Hall–Kier alpha value is -1.39. The second kappa shape index (κ2) is 5.98. The molecule has 0 radical (unpaired) electrons. The number of thiazole rings is 1. The lowest BCUT2D eigenvalue weighted by Crippen LogP contribution is -2.02. The van der Waals surface area contributed by atoms with Crippen LogP contribution in [0.1, 0.15) is 35.7 Å². The van der Waals surface area contributed by atoms with Gasteiger partial charge in [-0.1, -0.05) is 25.1 Å². The first-order valence-electron chi connectivity index (χ1n) is 6.01. The monoisotopic (exact) mass is 263 g/mol. The highest BCUT2D eigenvalue weighted by atomic mass is 32.1. The standard InChI is InChI=1S/C14H17NO2S/c1-3-13(16)12-6-4-5-7-14(12)17-8-11-9-18-10(2)15-11/h4-7,9,13,16H,3,8H2,1-2H3/t13-/m1/s1. The lowest BCUT2D eigenvalue weighted by atomic mass is 10.1. The van der Waals surface area contributed by atoms with Crippen molar-refractivity contribution in [3.63, 3.8) is 0 Å². The van der Waals surface area contributed by atoms with Crippen molar-refractivity contribution in [2.45, 2.75) is 33.0 Å². The lowest BCUT2D eigenvalue weighted by molar-refractivity contribution is 0.166. The minimum absolute atomic E-state index is 0.442. The Labute approximate surface area is 111 Å². The average Bonchev–Trinajstić information content (AvgIpc) is 2.81. The van der Waals surface area contributed by atoms with Crippen molar-refractivity contribution >= 4 is 11.3 Å². The molecule has 4 heteroatoms. The number of para-hydroxylation sites is 1. The third kappa shape index (κ3) is 3.09. The van der Waals surface area contributed by atoms with Gasteiger partial charge in [0.15, 0.2) is 0 Å². The first-order chi connectivity index (χ1) is 8.70. The van der Waals surface area contributed by atoms with Gasteiger partial charge in [-0.15, -0.1) is 11.3 Å². The first kappa shape index (κ1) is 13.1. The molecular formula is C14H17NO2S. The molecule has 0 spiro atoms. The molecule has 2 rings (SSSR count). The van der Waals surface area contributed by atoms with Gasteiger partial charge in [0.1, 0.15) is 12.4 Å². The maximum absolute atomic E-state index is 9.92. The van der Waals surface area contributed by atoms with Crippen LogP contribution in [0.25, 0.3) is 0 Å². The molecule has 0 unspecified atom stereocenters. The summed E-state index contributed by atoms with van der Waals surface area (Å²) in [6.45, 7) is 4.37. The average molecular weight is 263 g/mol. The highest BCUT2D eigenvalue weighted by molar-refractivity contribution is 7.09. The summed E-state index contributed by atoms with van der Waals surface area (Å²) >= 11 is 1.61. The smallest absolute Gasteiger partial charge is 0.131 e. The number of hydrogen-bond donors (Lipinski definition) is 1. The number of aryl methyl sites for hydroxylation is 1. The van der Waals surface area contributed by atoms with E-state index in [9.17, 15) is 5.11 Å². The van der Waals surface area contributed by atoms with E-state index in [0.717, 1.165) is 22.0 Å². The van der Waals surface area contributed by atoms with Crippen LogP contribution in [0.2, 0.25) is 0 Å². The highest BCUT2D eigenvalue weighted by Gasteiger charge is 2.11. The summed E-state index contributed by atoms with van der Waals surface area (Å²) < 4.78 is 5.74. The summed E-state index contributed by atoms with van der Waals surface area (Å²) in [5.41, 5.74) is 1.77. The van der Waals surface area contributed by atoms with Crippen LogP contribution in [0.15, 0.2) is 29.6 Å². The molecule has 0 amide bonds. The van der Waals surface area contributed by atoms with Crippen LogP contribution in [0.4, 0.5) is 0 Å². The number of aliphatic hydroxyl groups excluding tert-OH is 1. The zero-order valence-corrected chi connectivity index (χ0v) is 11.4. The van der Waals surface area contributed by atoms with Crippen molar-refractivity contribution in [2.24, 2.45) is 0 Å². The third-order valence-electron chi connectivity index (χ3n) is 2.71. The van der Waals surface area contributed by atoms with E-state index in [-0.39, 0.29) is 0 Å². The van der Waals surface area contributed by atoms with Gasteiger partial charge in [0.25, 0.3) is 0 Å². The number of hydrogen-bond acceptors (Lipinski definition) is 4. The molecule has 0 aliphatic heterocycles. The van der Waals surface area contributed by atoms with Crippen LogP contribution in [0.5, 0.6) is 5.75 Å². The van der Waals surface area contributed by atoms with Crippen molar-refractivity contribution in [2.75, 3.05) is 0 Å². The van der Waals surface area contributed by atoms with E-state index in [0.29, 0.717) is 13.0 Å². The molecule has 0 fully saturated rings. The van der Waals surface area contributed by atoms with E-state index >= 15 is 0 Å². The fraction of sp³-hybridized carbons (Fsp3) is 0.357. The predicted molar refractivity (Wildman–Crippen MR) is 72.9 cm³/mol. The molecule has 1 aromatic carbocycles. The molecule has 2 aromatic rings. The molecule has 18 heavy (non-hydrogen) atoms. The van der Waals surface area contributed by atoms with E-state index in [1.54, 1.807) is 11.3 Å². The van der Waals surface area contributed by atoms with Crippen molar-refractivity contribution in [3.05, 3.63) is 45.9 Å². The summed E-state index contributed by atoms with van der Waals surface area (Å²) in [7, 11) is 0. The number of nitrogens with zero attached hydrogens (tertiary/aromatic N) is 1. The number of benzene rings is 1. The fourth-order valence-corrected chi connectivity index (χ4v) is 2.33. The maximum atomic E-state index is 9.92. The zero-order valence-electron chi connectivity index (χ0n) is 10.6. The maximum Gasteiger partial charge on any atom is 0.131 e. The molecule has 0 aliphatic carbocycles. The Morgan fingerprint density at radius 2 is 2.17 bits per heavy atom. The zero-order chi connectivity index (χ0) is 13.0. The van der Waals surface area contributed by atoms with Gasteiger partial charge in [-0.25, -0.2) is 4.98 Å². The quantitative estimate of drug-likeness (QED) is 0.898. The van der Waals surface area contributed by atoms with Gasteiger partial charge in [0, 0.05) is 10.9 Å². The molecular weight excluding hydrogens is 246 g/mol. The van der Waals surface area contributed by atoms with Gasteiger partial charge in [-0.05, 0) is 19.4 Å². The van der Waals surface area contributed by atoms with Gasteiger partial charge in [-0.2, -0.15) is 0 Å². The molecule has 96 valence electrons. The van der Waals surface area contributed by atoms with Crippen LogP contribution in [-0.4, -0.2) is 10.1 Å². The largest absolute Gasteiger partial charge is 0.487 e. The Kier molecular flexibility index (Phi) is 4.33. The number of aromatic nitrogens is 1. The van der Waals surface area contributed by atoms with Crippen LogP contribution in [0, 0.1) is 6.92 Å². The minimum atomic E-state index is -0.474. The second-order valence-electron chi connectivity index (χ2n) is 4.11. The lowest BCUT2D eigenvalue weighted by Gasteiger charge is -2.14. The van der Waals surface area contributed by atoms with E-state index in [1.165, 1.54) is 0 Å². The van der Waals surface area contributed by atoms with Gasteiger partial charge in [0.05, 0.1) is 16.8 Å². The molecule has 0 bridgehead atoms. The predicted octanol–water partition coefficient (Wildman–Crippen LogP) is 3.47. The van der Waals surface area contributed by atoms with Gasteiger partial charge >= 0.3 is 0 Å². The van der Waals surface area contributed by atoms with Crippen LogP contribution >= 0.6 is 11.3 Å². The number of aliphatic hydroxyl groups is 1. The molecule has 0 saturated carbocycles. The van der Waals surface area contributed by atoms with Crippen LogP contribution < -0.4 is 4.74 Å². The number of ether oxygens (including phenoxy) is 1. The SMILES string of the molecule is CC[C@@H](O)c1ccccc1OCc1csc(C)n1.